The first kappa shape index (κ1) is 7.03. The molecule has 2 rings (SSSR count). The van der Waals surface area contributed by atoms with Crippen molar-refractivity contribution < 1.29 is 9.90 Å². The highest BCUT2D eigenvalue weighted by molar-refractivity contribution is 5.97. The first-order valence-electron chi connectivity index (χ1n) is 3.64. The van der Waals surface area contributed by atoms with Crippen LogP contribution in [0.3, 0.4) is 0 Å². The lowest BCUT2D eigenvalue weighted by atomic mass is 9.92. The van der Waals surface area contributed by atoms with Crippen LogP contribution in [0.2, 0.25) is 0 Å². The molecule has 0 aromatic rings. The Morgan fingerprint density at radius 1 is 1.42 bits per heavy atom. The van der Waals surface area contributed by atoms with Crippen molar-refractivity contribution in [2.45, 2.75) is 0 Å². The summed E-state index contributed by atoms with van der Waals surface area (Å²) in [4.78, 5) is 14.8. The molecule has 1 aliphatic heterocycles. The molecule has 0 aromatic heterocycles. The number of aliphatic imine (C=N–C) groups is 1. The van der Waals surface area contributed by atoms with Gasteiger partial charge in [-0.1, -0.05) is 6.08 Å². The van der Waals surface area contributed by atoms with Crippen molar-refractivity contribution in [2.75, 3.05) is 0 Å². The fourth-order valence-electron chi connectivity index (χ4n) is 1.26. The summed E-state index contributed by atoms with van der Waals surface area (Å²) in [7, 11) is 0. The summed E-state index contributed by atoms with van der Waals surface area (Å²) in [6.07, 6.45) is 8.04. The molecule has 3 nitrogen and oxygen atoms in total. The summed E-state index contributed by atoms with van der Waals surface area (Å²) in [5, 5.41) is 9.11. The van der Waals surface area contributed by atoms with Crippen LogP contribution in [0.25, 0.3) is 0 Å². The van der Waals surface area contributed by atoms with Gasteiger partial charge in [0.05, 0.1) is 5.92 Å². The van der Waals surface area contributed by atoms with Gasteiger partial charge in [0.2, 0.25) is 0 Å². The first-order valence-corrected chi connectivity index (χ1v) is 3.64. The van der Waals surface area contributed by atoms with Crippen molar-refractivity contribution in [3.63, 3.8) is 0 Å². The summed E-state index contributed by atoms with van der Waals surface area (Å²) in [6, 6.07) is 0. The minimum absolute atomic E-state index is 0.127. The number of nitrogens with zero attached hydrogens (tertiary/aromatic N) is 1. The zero-order valence-corrected chi connectivity index (χ0v) is 6.27. The Labute approximate surface area is 69.4 Å². The fourth-order valence-corrected chi connectivity index (χ4v) is 1.26. The normalized spacial score (nSPS) is 26.3. The molecule has 0 saturated carbocycles. The Kier molecular flexibility index (Phi) is 1.43. The quantitative estimate of drug-likeness (QED) is 0.579. The van der Waals surface area contributed by atoms with Gasteiger partial charge in [-0.25, -0.2) is 4.99 Å². The van der Waals surface area contributed by atoms with Gasteiger partial charge in [0.1, 0.15) is 5.76 Å². The third-order valence-electron chi connectivity index (χ3n) is 1.88. The van der Waals surface area contributed by atoms with Crippen LogP contribution in [0.4, 0.5) is 0 Å². The lowest BCUT2D eigenvalue weighted by Gasteiger charge is -2.16. The van der Waals surface area contributed by atoms with Crippen molar-refractivity contribution >= 4 is 12.1 Å². The molecule has 1 amide bonds. The molecule has 0 aromatic carbocycles. The molecule has 0 saturated heterocycles. The summed E-state index contributed by atoms with van der Waals surface area (Å²) in [6.45, 7) is 0. The topological polar surface area (TPSA) is 49.7 Å². The Balaban J connectivity index is 2.43. The summed E-state index contributed by atoms with van der Waals surface area (Å²) < 4.78 is 0. The Morgan fingerprint density at radius 2 is 2.25 bits per heavy atom. The number of hydrogen-bond donors (Lipinski definition) is 1. The number of carbonyl (C=O) groups excluding carboxylic acids is 1. The zero-order valence-electron chi connectivity index (χ0n) is 6.27. The molecular formula is C9H7NO2. The SMILES string of the molecule is O=C1N=CC=C2C=CC(O)=CC12. The molecule has 1 unspecified atom stereocenters. The lowest BCUT2D eigenvalue weighted by molar-refractivity contribution is -0.119. The third-order valence-corrected chi connectivity index (χ3v) is 1.88. The Hall–Kier alpha value is -1.64. The second-order valence-corrected chi connectivity index (χ2v) is 2.69. The van der Waals surface area contributed by atoms with Gasteiger partial charge in [0.15, 0.2) is 0 Å². The fraction of sp³-hybridized carbons (Fsp3) is 0.111. The smallest absolute Gasteiger partial charge is 0.257 e. The standard InChI is InChI=1S/C9H7NO2/c11-7-2-1-6-3-4-10-9(12)8(6)5-7/h1-5,8,11H. The molecule has 0 spiro atoms. The van der Waals surface area contributed by atoms with E-state index in [-0.39, 0.29) is 17.6 Å². The van der Waals surface area contributed by atoms with Crippen LogP contribution in [0.15, 0.2) is 40.6 Å². The Morgan fingerprint density at radius 3 is 3.08 bits per heavy atom. The monoisotopic (exact) mass is 161 g/mol. The van der Waals surface area contributed by atoms with Crippen molar-refractivity contribution in [1.29, 1.82) is 0 Å². The van der Waals surface area contributed by atoms with Crippen molar-refractivity contribution in [1.82, 2.24) is 0 Å². The molecule has 0 bridgehead atoms. The molecule has 1 N–H and O–H groups in total. The molecule has 3 heteroatoms. The molecule has 0 fully saturated rings. The molecule has 1 heterocycles. The largest absolute Gasteiger partial charge is 0.508 e. The van der Waals surface area contributed by atoms with E-state index >= 15 is 0 Å². The third kappa shape index (κ3) is 0.993. The summed E-state index contributed by atoms with van der Waals surface area (Å²) in [5.74, 6) is -0.467. The number of hydrogen-bond acceptors (Lipinski definition) is 2. The van der Waals surface area contributed by atoms with Gasteiger partial charge in [-0.15, -0.1) is 0 Å². The summed E-state index contributed by atoms with van der Waals surface area (Å²) in [5.41, 5.74) is 0.882. The molecule has 2 aliphatic rings. The Bertz CT molecular complexity index is 348. The molecule has 60 valence electrons. The predicted octanol–water partition coefficient (Wildman–Crippen LogP) is 1.15. The highest BCUT2D eigenvalue weighted by Crippen LogP contribution is 2.24. The second-order valence-electron chi connectivity index (χ2n) is 2.69. The average molecular weight is 161 g/mol. The number of amides is 1. The summed E-state index contributed by atoms with van der Waals surface area (Å²) >= 11 is 0. The van der Waals surface area contributed by atoms with Gasteiger partial charge >= 0.3 is 0 Å². The molecule has 12 heavy (non-hydrogen) atoms. The van der Waals surface area contributed by atoms with Crippen LogP contribution in [-0.2, 0) is 4.79 Å². The zero-order chi connectivity index (χ0) is 8.55. The van der Waals surface area contributed by atoms with E-state index in [1.807, 2.05) is 0 Å². The lowest BCUT2D eigenvalue weighted by Crippen LogP contribution is -2.17. The molecule has 0 radical (unpaired) electrons. The molecule has 1 atom stereocenters. The van der Waals surface area contributed by atoms with Crippen molar-refractivity contribution in [3.8, 4) is 0 Å². The van der Waals surface area contributed by atoms with Gasteiger partial charge in [0.25, 0.3) is 5.91 Å². The van der Waals surface area contributed by atoms with Crippen LogP contribution < -0.4 is 0 Å². The number of rotatable bonds is 0. The van der Waals surface area contributed by atoms with Gasteiger partial charge in [-0.05, 0) is 23.8 Å². The second kappa shape index (κ2) is 2.44. The maximum atomic E-state index is 11.1. The molecule has 1 aliphatic carbocycles. The van der Waals surface area contributed by atoms with Crippen LogP contribution in [0, 0.1) is 5.92 Å². The maximum Gasteiger partial charge on any atom is 0.257 e. The minimum Gasteiger partial charge on any atom is -0.508 e. The average Bonchev–Trinajstić information content (AvgIpc) is 2.07. The number of dihydropyridines is 1. The highest BCUT2D eigenvalue weighted by Gasteiger charge is 2.23. The van der Waals surface area contributed by atoms with Crippen LogP contribution in [0.5, 0.6) is 0 Å². The number of aliphatic hydroxyl groups excluding tert-OH is 1. The van der Waals surface area contributed by atoms with E-state index in [0.717, 1.165) is 5.57 Å². The number of aliphatic hydroxyl groups is 1. The maximum absolute atomic E-state index is 11.1. The van der Waals surface area contributed by atoms with E-state index in [2.05, 4.69) is 4.99 Å². The highest BCUT2D eigenvalue weighted by atomic mass is 16.3. The molecular weight excluding hydrogens is 154 g/mol. The first-order chi connectivity index (χ1) is 5.77. The van der Waals surface area contributed by atoms with E-state index < -0.39 is 0 Å². The number of carbonyl (C=O) groups is 1. The van der Waals surface area contributed by atoms with Gasteiger partial charge in [-0.3, -0.25) is 4.79 Å². The van der Waals surface area contributed by atoms with E-state index in [0.29, 0.717) is 0 Å². The van der Waals surface area contributed by atoms with E-state index in [9.17, 15) is 4.79 Å². The minimum atomic E-state index is -0.375. The number of allylic oxidation sites excluding steroid dienone is 3. The van der Waals surface area contributed by atoms with E-state index in [1.54, 1.807) is 18.2 Å². The number of fused-ring (bicyclic) bond motifs is 1. The van der Waals surface area contributed by atoms with Gasteiger partial charge in [0, 0.05) is 6.21 Å². The van der Waals surface area contributed by atoms with E-state index in [1.165, 1.54) is 12.3 Å². The van der Waals surface area contributed by atoms with Crippen molar-refractivity contribution in [3.05, 3.63) is 35.6 Å². The van der Waals surface area contributed by atoms with Crippen LogP contribution in [-0.4, -0.2) is 17.2 Å². The van der Waals surface area contributed by atoms with E-state index in [4.69, 9.17) is 5.11 Å². The predicted molar refractivity (Wildman–Crippen MR) is 44.9 cm³/mol. The van der Waals surface area contributed by atoms with Crippen molar-refractivity contribution in [2.24, 2.45) is 10.9 Å². The van der Waals surface area contributed by atoms with Gasteiger partial charge in [-0.2, -0.15) is 0 Å². The van der Waals surface area contributed by atoms with Crippen LogP contribution >= 0.6 is 0 Å². The van der Waals surface area contributed by atoms with Gasteiger partial charge < -0.3 is 5.11 Å². The van der Waals surface area contributed by atoms with Crippen LogP contribution in [0.1, 0.15) is 0 Å².